The van der Waals surface area contributed by atoms with Crippen LogP contribution in [-0.4, -0.2) is 27.5 Å². The lowest BCUT2D eigenvalue weighted by molar-refractivity contribution is 0.398. The standard InChI is InChI=1S/C13H16ClN3O/c1-18-12-5-4-10-13(16-12)17(8-9-2-3-9)11(15-10)6-7-14/h4-5,9H,2-3,6-8H2,1H3. The molecule has 0 saturated heterocycles. The van der Waals surface area contributed by atoms with Crippen LogP contribution in [0.5, 0.6) is 5.88 Å². The number of hydrogen-bond donors (Lipinski definition) is 0. The smallest absolute Gasteiger partial charge is 0.215 e. The van der Waals surface area contributed by atoms with Crippen LogP contribution < -0.4 is 4.74 Å². The third-order valence-electron chi connectivity index (χ3n) is 3.31. The van der Waals surface area contributed by atoms with E-state index in [0.717, 1.165) is 35.9 Å². The number of aromatic nitrogens is 3. The van der Waals surface area contributed by atoms with Crippen molar-refractivity contribution in [2.45, 2.75) is 25.8 Å². The molecule has 18 heavy (non-hydrogen) atoms. The summed E-state index contributed by atoms with van der Waals surface area (Å²) >= 11 is 5.85. The second-order valence-corrected chi connectivity index (χ2v) is 5.10. The van der Waals surface area contributed by atoms with Crippen LogP contribution in [0.3, 0.4) is 0 Å². The van der Waals surface area contributed by atoms with Crippen molar-refractivity contribution < 1.29 is 4.74 Å². The van der Waals surface area contributed by atoms with Crippen LogP contribution in [0.4, 0.5) is 0 Å². The number of aryl methyl sites for hydroxylation is 1. The van der Waals surface area contributed by atoms with Crippen molar-refractivity contribution in [2.75, 3.05) is 13.0 Å². The van der Waals surface area contributed by atoms with Crippen LogP contribution in [0.15, 0.2) is 12.1 Å². The van der Waals surface area contributed by atoms with E-state index in [1.807, 2.05) is 12.1 Å². The topological polar surface area (TPSA) is 39.9 Å². The van der Waals surface area contributed by atoms with E-state index < -0.39 is 0 Å². The molecule has 1 saturated carbocycles. The molecular weight excluding hydrogens is 250 g/mol. The highest BCUT2D eigenvalue weighted by Crippen LogP contribution is 2.32. The summed E-state index contributed by atoms with van der Waals surface area (Å²) in [5.41, 5.74) is 1.85. The van der Waals surface area contributed by atoms with Crippen LogP contribution in [0.25, 0.3) is 11.2 Å². The Labute approximate surface area is 111 Å². The van der Waals surface area contributed by atoms with Crippen LogP contribution in [0.1, 0.15) is 18.7 Å². The molecule has 5 heteroatoms. The summed E-state index contributed by atoms with van der Waals surface area (Å²) < 4.78 is 7.40. The third kappa shape index (κ3) is 2.17. The molecular formula is C13H16ClN3O. The van der Waals surface area contributed by atoms with E-state index >= 15 is 0 Å². The van der Waals surface area contributed by atoms with Gasteiger partial charge in [-0.05, 0) is 24.8 Å². The number of hydrogen-bond acceptors (Lipinski definition) is 3. The molecule has 1 aliphatic rings. The van der Waals surface area contributed by atoms with Crippen molar-refractivity contribution >= 4 is 22.8 Å². The van der Waals surface area contributed by atoms with Crippen molar-refractivity contribution in [3.63, 3.8) is 0 Å². The maximum absolute atomic E-state index is 5.85. The molecule has 0 aromatic carbocycles. The van der Waals surface area contributed by atoms with Crippen molar-refractivity contribution in [1.29, 1.82) is 0 Å². The van der Waals surface area contributed by atoms with E-state index in [2.05, 4.69) is 14.5 Å². The SMILES string of the molecule is COc1ccc2nc(CCCl)n(CC3CC3)c2n1. The first-order valence-corrected chi connectivity index (χ1v) is 6.81. The van der Waals surface area contributed by atoms with Gasteiger partial charge in [0, 0.05) is 24.9 Å². The Balaban J connectivity index is 2.07. The van der Waals surface area contributed by atoms with Gasteiger partial charge in [0.15, 0.2) is 5.65 Å². The molecule has 96 valence electrons. The number of rotatable bonds is 5. The molecule has 3 rings (SSSR count). The average Bonchev–Trinajstić information content (AvgIpc) is 3.14. The van der Waals surface area contributed by atoms with Gasteiger partial charge in [-0.3, -0.25) is 0 Å². The fraction of sp³-hybridized carbons (Fsp3) is 0.538. The monoisotopic (exact) mass is 265 g/mol. The third-order valence-corrected chi connectivity index (χ3v) is 3.50. The Morgan fingerprint density at radius 2 is 2.22 bits per heavy atom. The maximum atomic E-state index is 5.85. The lowest BCUT2D eigenvalue weighted by atomic mass is 10.3. The minimum Gasteiger partial charge on any atom is -0.481 e. The first-order chi connectivity index (χ1) is 8.81. The van der Waals surface area contributed by atoms with Gasteiger partial charge >= 0.3 is 0 Å². The first-order valence-electron chi connectivity index (χ1n) is 6.28. The van der Waals surface area contributed by atoms with E-state index in [1.165, 1.54) is 12.8 Å². The van der Waals surface area contributed by atoms with E-state index in [1.54, 1.807) is 7.11 Å². The van der Waals surface area contributed by atoms with Gasteiger partial charge in [0.2, 0.25) is 5.88 Å². The van der Waals surface area contributed by atoms with Crippen molar-refractivity contribution in [2.24, 2.45) is 5.92 Å². The van der Waals surface area contributed by atoms with E-state index in [9.17, 15) is 0 Å². The highest BCUT2D eigenvalue weighted by Gasteiger charge is 2.24. The van der Waals surface area contributed by atoms with Crippen LogP contribution in [-0.2, 0) is 13.0 Å². The molecule has 0 amide bonds. The number of ether oxygens (including phenoxy) is 1. The number of nitrogens with zero attached hydrogens (tertiary/aromatic N) is 3. The minimum absolute atomic E-state index is 0.588. The quantitative estimate of drug-likeness (QED) is 0.781. The molecule has 0 radical (unpaired) electrons. The number of methoxy groups -OCH3 is 1. The van der Waals surface area contributed by atoms with Crippen molar-refractivity contribution in [3.05, 3.63) is 18.0 Å². The lowest BCUT2D eigenvalue weighted by Gasteiger charge is -2.07. The number of halogens is 1. The van der Waals surface area contributed by atoms with Gasteiger partial charge in [-0.2, -0.15) is 4.98 Å². The van der Waals surface area contributed by atoms with Crippen LogP contribution in [0, 0.1) is 5.92 Å². The fourth-order valence-electron chi connectivity index (χ4n) is 2.17. The molecule has 0 unspecified atom stereocenters. The maximum Gasteiger partial charge on any atom is 0.215 e. The summed E-state index contributed by atoms with van der Waals surface area (Å²) in [5.74, 6) is 3.04. The Morgan fingerprint density at radius 3 is 2.89 bits per heavy atom. The average molecular weight is 266 g/mol. The Morgan fingerprint density at radius 1 is 1.39 bits per heavy atom. The largest absolute Gasteiger partial charge is 0.481 e. The first kappa shape index (κ1) is 11.8. The van der Waals surface area contributed by atoms with Crippen LogP contribution in [0.2, 0.25) is 0 Å². The number of alkyl halides is 1. The summed E-state index contributed by atoms with van der Waals surface area (Å²) in [6, 6.07) is 3.81. The molecule has 1 aliphatic carbocycles. The molecule has 2 heterocycles. The molecule has 0 bridgehead atoms. The molecule has 0 aliphatic heterocycles. The highest BCUT2D eigenvalue weighted by atomic mass is 35.5. The number of imidazole rings is 1. The molecule has 4 nitrogen and oxygen atoms in total. The summed E-state index contributed by atoms with van der Waals surface area (Å²) in [5, 5.41) is 0. The summed E-state index contributed by atoms with van der Waals surface area (Å²) in [6.45, 7) is 1.00. The second-order valence-electron chi connectivity index (χ2n) is 4.72. The summed E-state index contributed by atoms with van der Waals surface area (Å²) in [6.07, 6.45) is 3.40. The predicted octanol–water partition coefficient (Wildman–Crippen LogP) is 2.63. The van der Waals surface area contributed by atoms with Crippen LogP contribution >= 0.6 is 11.6 Å². The highest BCUT2D eigenvalue weighted by molar-refractivity contribution is 6.17. The zero-order valence-corrected chi connectivity index (χ0v) is 11.2. The van der Waals surface area contributed by atoms with Crippen molar-refractivity contribution in [1.82, 2.24) is 14.5 Å². The molecule has 1 fully saturated rings. The van der Waals surface area contributed by atoms with Gasteiger partial charge < -0.3 is 9.30 Å². The van der Waals surface area contributed by atoms with E-state index in [4.69, 9.17) is 16.3 Å². The summed E-state index contributed by atoms with van der Waals surface area (Å²) in [4.78, 5) is 9.13. The molecule has 2 aromatic heterocycles. The zero-order valence-electron chi connectivity index (χ0n) is 10.4. The predicted molar refractivity (Wildman–Crippen MR) is 71.2 cm³/mol. The van der Waals surface area contributed by atoms with E-state index in [-0.39, 0.29) is 0 Å². The normalized spacial score (nSPS) is 15.2. The fourth-order valence-corrected chi connectivity index (χ4v) is 2.34. The molecule has 0 spiro atoms. The number of fused-ring (bicyclic) bond motifs is 1. The van der Waals surface area contributed by atoms with Gasteiger partial charge in [0.05, 0.1) is 7.11 Å². The molecule has 0 N–H and O–H groups in total. The van der Waals surface area contributed by atoms with Gasteiger partial charge in [-0.15, -0.1) is 11.6 Å². The van der Waals surface area contributed by atoms with Crippen molar-refractivity contribution in [3.8, 4) is 5.88 Å². The van der Waals surface area contributed by atoms with Gasteiger partial charge in [-0.25, -0.2) is 4.98 Å². The van der Waals surface area contributed by atoms with E-state index in [0.29, 0.717) is 11.8 Å². The van der Waals surface area contributed by atoms with Gasteiger partial charge in [0.1, 0.15) is 11.3 Å². The Kier molecular flexibility index (Phi) is 3.12. The summed E-state index contributed by atoms with van der Waals surface area (Å²) in [7, 11) is 1.63. The molecule has 0 atom stereocenters. The second kappa shape index (κ2) is 4.76. The van der Waals surface area contributed by atoms with Gasteiger partial charge in [0.25, 0.3) is 0 Å². The Hall–Kier alpha value is -1.29. The van der Waals surface area contributed by atoms with Gasteiger partial charge in [-0.1, -0.05) is 0 Å². The minimum atomic E-state index is 0.588. The lowest BCUT2D eigenvalue weighted by Crippen LogP contribution is -2.07. The molecule has 2 aromatic rings. The zero-order chi connectivity index (χ0) is 12.5. The Bertz CT molecular complexity index is 563. The number of pyridine rings is 1.